The van der Waals surface area contributed by atoms with Crippen molar-refractivity contribution in [2.75, 3.05) is 20.6 Å². The Kier molecular flexibility index (Phi) is 7.66. The van der Waals surface area contributed by atoms with Gasteiger partial charge >= 0.3 is 0 Å². The Balaban J connectivity index is 1.51. The maximum Gasteiger partial charge on any atom is 0.234 e. The molecule has 7 heteroatoms. The molecule has 1 unspecified atom stereocenters. The molecule has 6 nitrogen and oxygen atoms in total. The molecule has 1 aromatic heterocycles. The topological polar surface area (TPSA) is 69.3 Å². The predicted octanol–water partition coefficient (Wildman–Crippen LogP) is 5.35. The number of hydrogen-bond donors (Lipinski definition) is 0. The molecule has 3 aromatic carbocycles. The molecule has 0 bridgehead atoms. The Bertz CT molecular complexity index is 1540. The highest BCUT2D eigenvalue weighted by molar-refractivity contribution is 7.89. The van der Waals surface area contributed by atoms with E-state index in [4.69, 9.17) is 0 Å². The van der Waals surface area contributed by atoms with E-state index in [1.54, 1.807) is 13.1 Å². The molecule has 2 atom stereocenters. The fourth-order valence-corrected chi connectivity index (χ4v) is 6.85. The number of likely N-dealkylation sites (N-methyl/N-ethyl adjacent to an activating group) is 1. The van der Waals surface area contributed by atoms with Gasteiger partial charge < -0.3 is 9.47 Å². The molecule has 1 saturated heterocycles. The van der Waals surface area contributed by atoms with Crippen molar-refractivity contribution in [1.82, 2.24) is 13.8 Å². The summed E-state index contributed by atoms with van der Waals surface area (Å²) in [6, 6.07) is 28.0. The molecule has 0 saturated carbocycles. The van der Waals surface area contributed by atoms with E-state index in [1.165, 1.54) is 21.9 Å². The highest BCUT2D eigenvalue weighted by atomic mass is 32.2. The first-order chi connectivity index (χ1) is 18.4. The van der Waals surface area contributed by atoms with E-state index in [1.807, 2.05) is 60.7 Å². The van der Waals surface area contributed by atoms with Gasteiger partial charge in [-0.25, -0.2) is 8.42 Å². The van der Waals surface area contributed by atoms with Gasteiger partial charge in [-0.1, -0.05) is 66.7 Å². The molecule has 0 aliphatic carbocycles. The van der Waals surface area contributed by atoms with E-state index in [-0.39, 0.29) is 6.54 Å². The van der Waals surface area contributed by atoms with E-state index in [0.29, 0.717) is 11.6 Å². The van der Waals surface area contributed by atoms with Gasteiger partial charge in [-0.05, 0) is 67.2 Å². The van der Waals surface area contributed by atoms with Crippen molar-refractivity contribution < 1.29 is 8.42 Å². The summed E-state index contributed by atoms with van der Waals surface area (Å²) in [6.07, 6.45) is 5.46. The molecular weight excluding hydrogens is 492 g/mol. The van der Waals surface area contributed by atoms with E-state index < -0.39 is 15.3 Å². The molecule has 38 heavy (non-hydrogen) atoms. The Morgan fingerprint density at radius 2 is 1.71 bits per heavy atom. The van der Waals surface area contributed by atoms with Crippen LogP contribution in [0.2, 0.25) is 0 Å². The SMILES string of the molecule is CN1CCC[C@@H]1Cc1cn(Cc2ccccc2)c2ccc(C(C#N)S(=O)(=O)N(C)Cc3ccccc3)cc12. The van der Waals surface area contributed by atoms with Gasteiger partial charge in [0.15, 0.2) is 5.25 Å². The molecule has 1 fully saturated rings. The highest BCUT2D eigenvalue weighted by Gasteiger charge is 2.32. The second kappa shape index (κ2) is 11.1. The minimum Gasteiger partial charge on any atom is -0.343 e. The van der Waals surface area contributed by atoms with Gasteiger partial charge in [0.05, 0.1) is 6.07 Å². The average Bonchev–Trinajstić information content (AvgIpc) is 3.48. The van der Waals surface area contributed by atoms with Crippen molar-refractivity contribution in [2.24, 2.45) is 0 Å². The van der Waals surface area contributed by atoms with Crippen molar-refractivity contribution in [3.05, 3.63) is 107 Å². The van der Waals surface area contributed by atoms with E-state index in [2.05, 4.69) is 40.9 Å². The van der Waals surface area contributed by atoms with Crippen LogP contribution in [-0.2, 0) is 29.5 Å². The van der Waals surface area contributed by atoms with E-state index >= 15 is 0 Å². The van der Waals surface area contributed by atoms with E-state index in [0.717, 1.165) is 42.4 Å². The smallest absolute Gasteiger partial charge is 0.234 e. The van der Waals surface area contributed by atoms with Crippen LogP contribution in [0.4, 0.5) is 0 Å². The molecule has 1 aliphatic rings. The fraction of sp³-hybridized carbons (Fsp3) is 0.323. The molecule has 4 aromatic rings. The molecular formula is C31H34N4O2S. The lowest BCUT2D eigenvalue weighted by Gasteiger charge is -2.21. The lowest BCUT2D eigenvalue weighted by molar-refractivity contribution is 0.309. The number of benzene rings is 3. The maximum absolute atomic E-state index is 13.5. The second-order valence-electron chi connectivity index (χ2n) is 10.3. The number of nitriles is 1. The summed E-state index contributed by atoms with van der Waals surface area (Å²) in [5, 5.41) is 9.82. The Labute approximate surface area is 225 Å². The zero-order valence-electron chi connectivity index (χ0n) is 22.0. The van der Waals surface area contributed by atoms with Crippen LogP contribution in [0.25, 0.3) is 10.9 Å². The number of rotatable bonds is 9. The van der Waals surface area contributed by atoms with Crippen LogP contribution in [0.5, 0.6) is 0 Å². The number of fused-ring (bicyclic) bond motifs is 1. The molecule has 5 rings (SSSR count). The summed E-state index contributed by atoms with van der Waals surface area (Å²) in [7, 11) is -0.181. The normalized spacial score (nSPS) is 17.2. The number of nitrogens with zero attached hydrogens (tertiary/aromatic N) is 4. The molecule has 0 spiro atoms. The first-order valence-electron chi connectivity index (χ1n) is 13.1. The third-order valence-electron chi connectivity index (χ3n) is 7.71. The largest absolute Gasteiger partial charge is 0.343 e. The molecule has 196 valence electrons. The Morgan fingerprint density at radius 3 is 2.34 bits per heavy atom. The van der Waals surface area contributed by atoms with Crippen molar-refractivity contribution in [3.8, 4) is 6.07 Å². The van der Waals surface area contributed by atoms with Gasteiger partial charge in [0, 0.05) is 43.3 Å². The minimum atomic E-state index is -3.90. The first-order valence-corrected chi connectivity index (χ1v) is 14.6. The predicted molar refractivity (Wildman–Crippen MR) is 152 cm³/mol. The van der Waals surface area contributed by atoms with Gasteiger partial charge in [-0.15, -0.1) is 0 Å². The summed E-state index contributed by atoms with van der Waals surface area (Å²) in [5.74, 6) is 0. The van der Waals surface area contributed by atoms with Gasteiger partial charge in [0.25, 0.3) is 0 Å². The second-order valence-corrected chi connectivity index (χ2v) is 12.4. The quantitative estimate of drug-likeness (QED) is 0.295. The zero-order valence-corrected chi connectivity index (χ0v) is 22.8. The van der Waals surface area contributed by atoms with Gasteiger partial charge in [0.1, 0.15) is 0 Å². The number of aromatic nitrogens is 1. The third kappa shape index (κ3) is 5.39. The van der Waals surface area contributed by atoms with Gasteiger partial charge in [-0.2, -0.15) is 9.57 Å². The van der Waals surface area contributed by atoms with Gasteiger partial charge in [0.2, 0.25) is 10.0 Å². The minimum absolute atomic E-state index is 0.219. The maximum atomic E-state index is 13.5. The number of likely N-dealkylation sites (tertiary alicyclic amines) is 1. The molecule has 0 amide bonds. The molecule has 0 N–H and O–H groups in total. The van der Waals surface area contributed by atoms with Crippen molar-refractivity contribution >= 4 is 20.9 Å². The van der Waals surface area contributed by atoms with Crippen LogP contribution in [0.1, 0.15) is 40.3 Å². The number of hydrogen-bond acceptors (Lipinski definition) is 4. The number of sulfonamides is 1. The van der Waals surface area contributed by atoms with Crippen LogP contribution in [-0.4, -0.2) is 48.9 Å². The summed E-state index contributed by atoms with van der Waals surface area (Å²) in [4.78, 5) is 2.41. The fourth-order valence-electron chi connectivity index (χ4n) is 5.54. The first kappa shape index (κ1) is 26.2. The van der Waals surface area contributed by atoms with Crippen LogP contribution in [0, 0.1) is 11.3 Å². The lowest BCUT2D eigenvalue weighted by Crippen LogP contribution is -2.30. The summed E-state index contributed by atoms with van der Waals surface area (Å²) >= 11 is 0. The summed E-state index contributed by atoms with van der Waals surface area (Å²) in [5.41, 5.74) is 4.85. The zero-order chi connectivity index (χ0) is 26.7. The summed E-state index contributed by atoms with van der Waals surface area (Å²) in [6.45, 7) is 2.05. The summed E-state index contributed by atoms with van der Waals surface area (Å²) < 4.78 is 30.6. The Hall–Kier alpha value is -3.44. The van der Waals surface area contributed by atoms with Crippen molar-refractivity contribution in [2.45, 2.75) is 43.6 Å². The van der Waals surface area contributed by atoms with Crippen LogP contribution in [0.3, 0.4) is 0 Å². The lowest BCUT2D eigenvalue weighted by atomic mass is 10.0. The molecule has 0 radical (unpaired) electrons. The monoisotopic (exact) mass is 526 g/mol. The molecule has 1 aliphatic heterocycles. The van der Waals surface area contributed by atoms with Crippen LogP contribution in [0.15, 0.2) is 85.1 Å². The standard InChI is InChI=1S/C31H34N4O2S/c1-33-17-9-14-28(33)18-27-23-35(22-25-12-7-4-8-13-25)30-16-15-26(19-29(27)30)31(20-32)38(36,37)34(2)21-24-10-5-3-6-11-24/h3-8,10-13,15-16,19,23,28,31H,9,14,17-18,21-22H2,1-2H3/t28-,31?/m1/s1. The van der Waals surface area contributed by atoms with Crippen molar-refractivity contribution in [1.29, 1.82) is 5.26 Å². The molecule has 2 heterocycles. The van der Waals surface area contributed by atoms with Crippen LogP contribution < -0.4 is 0 Å². The third-order valence-corrected chi connectivity index (χ3v) is 9.68. The van der Waals surface area contributed by atoms with Crippen molar-refractivity contribution in [3.63, 3.8) is 0 Å². The Morgan fingerprint density at radius 1 is 1.03 bits per heavy atom. The highest BCUT2D eigenvalue weighted by Crippen LogP contribution is 2.32. The average molecular weight is 527 g/mol. The van der Waals surface area contributed by atoms with E-state index in [9.17, 15) is 13.7 Å². The van der Waals surface area contributed by atoms with Crippen LogP contribution >= 0.6 is 0 Å². The van der Waals surface area contributed by atoms with Gasteiger partial charge in [-0.3, -0.25) is 0 Å².